The van der Waals surface area contributed by atoms with Gasteiger partial charge in [-0.2, -0.15) is 0 Å². The van der Waals surface area contributed by atoms with E-state index in [9.17, 15) is 14.4 Å². The second kappa shape index (κ2) is 9.10. The molecule has 8 nitrogen and oxygen atoms in total. The van der Waals surface area contributed by atoms with E-state index >= 15 is 0 Å². The molecule has 174 valence electrons. The first-order chi connectivity index (χ1) is 15.3. The van der Waals surface area contributed by atoms with Gasteiger partial charge < -0.3 is 20.1 Å². The Balaban J connectivity index is 1.60. The first-order valence-electron chi connectivity index (χ1n) is 11.5. The molecule has 2 heterocycles. The number of piperidine rings is 1. The molecule has 1 aliphatic carbocycles. The van der Waals surface area contributed by atoms with E-state index in [-0.39, 0.29) is 30.2 Å². The van der Waals surface area contributed by atoms with Crippen LogP contribution >= 0.6 is 0 Å². The largest absolute Gasteiger partial charge is 0.497 e. The van der Waals surface area contributed by atoms with Gasteiger partial charge in [0.25, 0.3) is 5.91 Å². The van der Waals surface area contributed by atoms with Gasteiger partial charge in [-0.15, -0.1) is 0 Å². The van der Waals surface area contributed by atoms with E-state index < -0.39 is 11.8 Å². The SMILES string of the molecule is COc1cccc(C(=O)N2C(C(=O)N3CCC(C(N)=O)CC3)COC23CCC(C)CC3)c1. The number of primary amides is 1. The zero-order chi connectivity index (χ0) is 22.9. The first-order valence-corrected chi connectivity index (χ1v) is 11.5. The summed E-state index contributed by atoms with van der Waals surface area (Å²) in [5.41, 5.74) is 5.17. The Bertz CT molecular complexity index is 872. The smallest absolute Gasteiger partial charge is 0.257 e. The second-order valence-electron chi connectivity index (χ2n) is 9.36. The van der Waals surface area contributed by atoms with Crippen molar-refractivity contribution in [1.29, 1.82) is 0 Å². The summed E-state index contributed by atoms with van der Waals surface area (Å²) in [6.45, 7) is 3.34. The molecule has 0 radical (unpaired) electrons. The standard InChI is InChI=1S/C24H33N3O5/c1-16-6-10-24(11-7-16)27(22(29)18-4-3-5-19(14-18)31-2)20(15-32-24)23(30)26-12-8-17(9-13-26)21(25)28/h3-5,14,16-17,20H,6-13,15H2,1-2H3,(H2,25,28). The summed E-state index contributed by atoms with van der Waals surface area (Å²) in [5.74, 6) is 0.339. The lowest BCUT2D eigenvalue weighted by Crippen LogP contribution is -2.58. The van der Waals surface area contributed by atoms with Gasteiger partial charge in [0, 0.05) is 24.6 Å². The van der Waals surface area contributed by atoms with Crippen molar-refractivity contribution in [1.82, 2.24) is 9.80 Å². The van der Waals surface area contributed by atoms with Gasteiger partial charge in [-0.25, -0.2) is 0 Å². The average Bonchev–Trinajstić information content (AvgIpc) is 3.19. The van der Waals surface area contributed by atoms with Crippen LogP contribution in [0.2, 0.25) is 0 Å². The van der Waals surface area contributed by atoms with Gasteiger partial charge in [0.15, 0.2) is 0 Å². The van der Waals surface area contributed by atoms with Crippen LogP contribution in [0.4, 0.5) is 0 Å². The summed E-state index contributed by atoms with van der Waals surface area (Å²) in [4.78, 5) is 42.3. The lowest BCUT2D eigenvalue weighted by molar-refractivity contribution is -0.140. The zero-order valence-electron chi connectivity index (χ0n) is 18.9. The van der Waals surface area contributed by atoms with E-state index in [2.05, 4.69) is 6.92 Å². The molecule has 0 aromatic heterocycles. The third-order valence-electron chi connectivity index (χ3n) is 7.35. The van der Waals surface area contributed by atoms with Crippen LogP contribution in [0.1, 0.15) is 55.8 Å². The highest BCUT2D eigenvalue weighted by Gasteiger charge is 2.54. The van der Waals surface area contributed by atoms with Crippen LogP contribution in [0.5, 0.6) is 5.75 Å². The van der Waals surface area contributed by atoms with Gasteiger partial charge in [-0.1, -0.05) is 13.0 Å². The molecule has 2 aliphatic heterocycles. The fourth-order valence-corrected chi connectivity index (χ4v) is 5.26. The van der Waals surface area contributed by atoms with E-state index in [1.165, 1.54) is 0 Å². The molecule has 0 bridgehead atoms. The summed E-state index contributed by atoms with van der Waals surface area (Å²) in [7, 11) is 1.56. The number of nitrogens with two attached hydrogens (primary N) is 1. The van der Waals surface area contributed by atoms with E-state index in [1.54, 1.807) is 41.2 Å². The number of methoxy groups -OCH3 is 1. The third kappa shape index (κ3) is 4.20. The van der Waals surface area contributed by atoms with Gasteiger partial charge >= 0.3 is 0 Å². The molecule has 32 heavy (non-hydrogen) atoms. The van der Waals surface area contributed by atoms with Crippen LogP contribution in [0.25, 0.3) is 0 Å². The Morgan fingerprint density at radius 3 is 2.44 bits per heavy atom. The molecule has 8 heteroatoms. The predicted molar refractivity (Wildman–Crippen MR) is 118 cm³/mol. The lowest BCUT2D eigenvalue weighted by atomic mass is 9.83. The number of hydrogen-bond donors (Lipinski definition) is 1. The molecule has 1 atom stereocenters. The Kier molecular flexibility index (Phi) is 6.42. The number of nitrogens with zero attached hydrogens (tertiary/aromatic N) is 2. The topological polar surface area (TPSA) is 102 Å². The molecule has 3 amide bonds. The zero-order valence-corrected chi connectivity index (χ0v) is 18.9. The van der Waals surface area contributed by atoms with Gasteiger partial charge in [0.05, 0.1) is 13.7 Å². The number of likely N-dealkylation sites (tertiary alicyclic amines) is 1. The van der Waals surface area contributed by atoms with Crippen LogP contribution in [0, 0.1) is 11.8 Å². The van der Waals surface area contributed by atoms with Crippen molar-refractivity contribution in [2.45, 2.75) is 57.2 Å². The molecule has 3 aliphatic rings. The molecule has 1 aromatic carbocycles. The molecule has 2 saturated heterocycles. The molecular formula is C24H33N3O5. The maximum absolute atomic E-state index is 13.8. The molecule has 4 rings (SSSR count). The Labute approximate surface area is 189 Å². The van der Waals surface area contributed by atoms with Gasteiger partial charge in [-0.05, 0) is 62.6 Å². The fourth-order valence-electron chi connectivity index (χ4n) is 5.26. The van der Waals surface area contributed by atoms with Crippen molar-refractivity contribution < 1.29 is 23.9 Å². The average molecular weight is 444 g/mol. The van der Waals surface area contributed by atoms with Crippen LogP contribution in [0.3, 0.4) is 0 Å². The van der Waals surface area contributed by atoms with E-state index in [1.807, 2.05) is 0 Å². The molecular weight excluding hydrogens is 410 g/mol. The third-order valence-corrected chi connectivity index (χ3v) is 7.35. The number of amides is 3. The summed E-state index contributed by atoms with van der Waals surface area (Å²) in [5, 5.41) is 0. The highest BCUT2D eigenvalue weighted by molar-refractivity contribution is 5.98. The van der Waals surface area contributed by atoms with Crippen molar-refractivity contribution in [3.8, 4) is 5.75 Å². The molecule has 1 saturated carbocycles. The van der Waals surface area contributed by atoms with Crippen molar-refractivity contribution in [2.24, 2.45) is 17.6 Å². The quantitative estimate of drug-likeness (QED) is 0.768. The number of ether oxygens (including phenoxy) is 2. The van der Waals surface area contributed by atoms with E-state index in [0.717, 1.165) is 25.7 Å². The number of carbonyl (C=O) groups is 3. The van der Waals surface area contributed by atoms with Gasteiger partial charge in [0.2, 0.25) is 11.8 Å². The number of rotatable bonds is 4. The Morgan fingerprint density at radius 2 is 1.81 bits per heavy atom. The Hall–Kier alpha value is -2.61. The normalized spacial score (nSPS) is 28.7. The maximum atomic E-state index is 13.8. The monoisotopic (exact) mass is 443 g/mol. The molecule has 1 aromatic rings. The number of benzene rings is 1. The van der Waals surface area contributed by atoms with Crippen LogP contribution in [0.15, 0.2) is 24.3 Å². The second-order valence-corrected chi connectivity index (χ2v) is 9.36. The number of hydrogen-bond acceptors (Lipinski definition) is 5. The molecule has 1 unspecified atom stereocenters. The number of carbonyl (C=O) groups excluding carboxylic acids is 3. The van der Waals surface area contributed by atoms with Crippen LogP contribution in [-0.4, -0.2) is 66.1 Å². The van der Waals surface area contributed by atoms with Crippen LogP contribution < -0.4 is 10.5 Å². The van der Waals surface area contributed by atoms with Gasteiger partial charge in [-0.3, -0.25) is 19.3 Å². The highest BCUT2D eigenvalue weighted by atomic mass is 16.5. The predicted octanol–water partition coefficient (Wildman–Crippen LogP) is 2.17. The Morgan fingerprint density at radius 1 is 1.12 bits per heavy atom. The minimum atomic E-state index is -0.751. The minimum Gasteiger partial charge on any atom is -0.497 e. The lowest BCUT2D eigenvalue weighted by Gasteiger charge is -2.43. The molecule has 1 spiro atoms. The first kappa shape index (κ1) is 22.6. The van der Waals surface area contributed by atoms with Gasteiger partial charge in [0.1, 0.15) is 17.5 Å². The summed E-state index contributed by atoms with van der Waals surface area (Å²) in [6, 6.07) is 6.36. The van der Waals surface area contributed by atoms with E-state index in [4.69, 9.17) is 15.2 Å². The summed E-state index contributed by atoms with van der Waals surface area (Å²) >= 11 is 0. The maximum Gasteiger partial charge on any atom is 0.257 e. The summed E-state index contributed by atoms with van der Waals surface area (Å²) < 4.78 is 11.6. The van der Waals surface area contributed by atoms with Crippen molar-refractivity contribution >= 4 is 17.7 Å². The van der Waals surface area contributed by atoms with Crippen molar-refractivity contribution in [2.75, 3.05) is 26.8 Å². The van der Waals surface area contributed by atoms with E-state index in [0.29, 0.717) is 43.2 Å². The molecule has 2 N–H and O–H groups in total. The van der Waals surface area contributed by atoms with Crippen molar-refractivity contribution in [3.05, 3.63) is 29.8 Å². The van der Waals surface area contributed by atoms with Crippen molar-refractivity contribution in [3.63, 3.8) is 0 Å². The minimum absolute atomic E-state index is 0.111. The molecule has 3 fully saturated rings. The highest BCUT2D eigenvalue weighted by Crippen LogP contribution is 2.43. The summed E-state index contributed by atoms with van der Waals surface area (Å²) in [6.07, 6.45) is 4.46. The fraction of sp³-hybridized carbons (Fsp3) is 0.625. The van der Waals surface area contributed by atoms with Crippen LogP contribution in [-0.2, 0) is 14.3 Å².